The Bertz CT molecular complexity index is 774. The molecule has 29 heavy (non-hydrogen) atoms. The predicted octanol–water partition coefficient (Wildman–Crippen LogP) is 5.79. The minimum absolute atomic E-state index is 0.0217. The maximum absolute atomic E-state index is 12.5. The van der Waals surface area contributed by atoms with E-state index in [2.05, 4.69) is 38.2 Å². The molecule has 0 unspecified atom stereocenters. The lowest BCUT2D eigenvalue weighted by molar-refractivity contribution is 0.0149. The van der Waals surface area contributed by atoms with Crippen LogP contribution < -0.4 is 5.32 Å². The molecule has 1 aromatic carbocycles. The van der Waals surface area contributed by atoms with Gasteiger partial charge in [-0.15, -0.1) is 0 Å². The number of nitrogens with zero attached hydrogens (tertiary/aromatic N) is 1. The molecule has 1 aromatic rings. The second-order valence-electron chi connectivity index (χ2n) is 10.5. The molecule has 3 rings (SSSR count). The number of likely N-dealkylation sites (tertiary alicyclic amines) is 1. The Hall–Kier alpha value is -1.26. The van der Waals surface area contributed by atoms with Crippen LogP contribution in [0.25, 0.3) is 0 Å². The molecule has 1 atom stereocenters. The Morgan fingerprint density at radius 3 is 2.34 bits per heavy atom. The summed E-state index contributed by atoms with van der Waals surface area (Å²) in [5, 5.41) is 4.37. The van der Waals surface area contributed by atoms with Gasteiger partial charge >= 0.3 is 6.09 Å². The van der Waals surface area contributed by atoms with Gasteiger partial charge in [0.1, 0.15) is 5.60 Å². The van der Waals surface area contributed by atoms with Gasteiger partial charge in [-0.25, -0.2) is 4.79 Å². The molecule has 4 nitrogen and oxygen atoms in total. The highest BCUT2D eigenvalue weighted by Crippen LogP contribution is 2.52. The lowest BCUT2D eigenvalue weighted by Gasteiger charge is -2.50. The highest BCUT2D eigenvalue weighted by Gasteiger charge is 2.46. The van der Waals surface area contributed by atoms with E-state index in [1.807, 2.05) is 32.7 Å². The number of nitrogens with one attached hydrogen (secondary N) is 1. The van der Waals surface area contributed by atoms with Gasteiger partial charge in [0.2, 0.25) is 0 Å². The third-order valence-corrected chi connectivity index (χ3v) is 7.48. The molecule has 0 bridgehead atoms. The molecule has 1 saturated heterocycles. The monoisotopic (exact) mass is 420 g/mol. The summed E-state index contributed by atoms with van der Waals surface area (Å²) in [6.07, 6.45) is 4.02. The van der Waals surface area contributed by atoms with Crippen molar-refractivity contribution in [2.24, 2.45) is 0 Å². The molecule has 1 spiro atoms. The Balaban J connectivity index is 1.89. The van der Waals surface area contributed by atoms with E-state index in [4.69, 9.17) is 16.3 Å². The first-order valence-electron chi connectivity index (χ1n) is 10.9. The number of likely N-dealkylation sites (N-methyl/N-ethyl adjacent to an activating group) is 1. The van der Waals surface area contributed by atoms with Gasteiger partial charge < -0.3 is 15.0 Å². The summed E-state index contributed by atoms with van der Waals surface area (Å²) in [6, 6.07) is 4.52. The molecule has 1 aliphatic heterocycles. The van der Waals surface area contributed by atoms with Crippen LogP contribution in [0.15, 0.2) is 12.1 Å². The number of halogens is 1. The highest BCUT2D eigenvalue weighted by atomic mass is 35.5. The summed E-state index contributed by atoms with van der Waals surface area (Å²) < 4.78 is 5.59. The second kappa shape index (κ2) is 7.77. The molecule has 5 heteroatoms. The first kappa shape index (κ1) is 22.4. The summed E-state index contributed by atoms with van der Waals surface area (Å²) in [6.45, 7) is 13.9. The third kappa shape index (κ3) is 4.44. The quantitative estimate of drug-likeness (QED) is 0.658. The van der Waals surface area contributed by atoms with E-state index < -0.39 is 5.60 Å². The summed E-state index contributed by atoms with van der Waals surface area (Å²) in [5.41, 5.74) is 3.64. The van der Waals surface area contributed by atoms with E-state index in [-0.39, 0.29) is 17.0 Å². The van der Waals surface area contributed by atoms with Crippen molar-refractivity contribution < 1.29 is 9.53 Å². The zero-order valence-corrected chi connectivity index (χ0v) is 19.9. The summed E-state index contributed by atoms with van der Waals surface area (Å²) in [4.78, 5) is 14.4. The maximum Gasteiger partial charge on any atom is 0.410 e. The SMILES string of the molecule is CNC(C)(C)[C@@H]1CCC2(CCN(C(=O)OC(C)(C)C)CC2)c2cc(Cl)c(C)cc21. The summed E-state index contributed by atoms with van der Waals surface area (Å²) in [7, 11) is 2.05. The van der Waals surface area contributed by atoms with Gasteiger partial charge in [-0.05, 0) is 102 Å². The number of piperidine rings is 1. The van der Waals surface area contributed by atoms with E-state index in [0.717, 1.165) is 49.4 Å². The fraction of sp³-hybridized carbons (Fsp3) is 0.708. The standard InChI is InChI=1S/C24H37ClN2O2/c1-16-14-17-18(23(5,6)26-7)8-9-24(19(17)15-20(16)25)10-12-27(13-11-24)21(28)29-22(2,3)4/h14-15,18,26H,8-13H2,1-7H3/t18-/m1/s1. The average molecular weight is 421 g/mol. The zero-order chi connectivity index (χ0) is 21.6. The topological polar surface area (TPSA) is 41.6 Å². The minimum Gasteiger partial charge on any atom is -0.444 e. The van der Waals surface area contributed by atoms with Gasteiger partial charge in [0, 0.05) is 29.6 Å². The molecule has 2 aliphatic rings. The van der Waals surface area contributed by atoms with Crippen LogP contribution in [-0.2, 0) is 10.2 Å². The second-order valence-corrected chi connectivity index (χ2v) is 10.9. The van der Waals surface area contributed by atoms with Crippen molar-refractivity contribution in [3.63, 3.8) is 0 Å². The number of fused-ring (bicyclic) bond motifs is 2. The van der Waals surface area contributed by atoms with Gasteiger partial charge in [0.15, 0.2) is 0 Å². The van der Waals surface area contributed by atoms with Crippen LogP contribution in [0.3, 0.4) is 0 Å². The van der Waals surface area contributed by atoms with Crippen LogP contribution in [0.5, 0.6) is 0 Å². The number of aryl methyl sites for hydroxylation is 1. The molecule has 1 N–H and O–H groups in total. The Kier molecular flexibility index (Phi) is 6.01. The molecule has 0 aromatic heterocycles. The van der Waals surface area contributed by atoms with Gasteiger partial charge in [0.25, 0.3) is 0 Å². The number of hydrogen-bond acceptors (Lipinski definition) is 3. The number of carbonyl (C=O) groups is 1. The maximum atomic E-state index is 12.5. The molecular weight excluding hydrogens is 384 g/mol. The number of benzene rings is 1. The van der Waals surface area contributed by atoms with E-state index in [1.54, 1.807) is 0 Å². The van der Waals surface area contributed by atoms with Crippen molar-refractivity contribution in [3.05, 3.63) is 33.8 Å². The van der Waals surface area contributed by atoms with Crippen LogP contribution in [0.4, 0.5) is 4.79 Å². The van der Waals surface area contributed by atoms with Crippen molar-refractivity contribution in [2.75, 3.05) is 20.1 Å². The molecule has 1 aliphatic carbocycles. The molecule has 1 amide bonds. The van der Waals surface area contributed by atoms with Crippen LogP contribution in [0.1, 0.15) is 82.9 Å². The first-order valence-corrected chi connectivity index (χ1v) is 11.2. The van der Waals surface area contributed by atoms with E-state index in [0.29, 0.717) is 5.92 Å². The van der Waals surface area contributed by atoms with Crippen molar-refractivity contribution in [1.82, 2.24) is 10.2 Å². The van der Waals surface area contributed by atoms with Crippen LogP contribution in [0.2, 0.25) is 5.02 Å². The smallest absolute Gasteiger partial charge is 0.410 e. The van der Waals surface area contributed by atoms with Crippen LogP contribution in [-0.4, -0.2) is 42.3 Å². The Morgan fingerprint density at radius 1 is 1.17 bits per heavy atom. The number of ether oxygens (including phenoxy) is 1. The molecule has 0 saturated carbocycles. The summed E-state index contributed by atoms with van der Waals surface area (Å²) >= 11 is 6.60. The molecule has 0 radical (unpaired) electrons. The number of carbonyl (C=O) groups excluding carboxylic acids is 1. The zero-order valence-electron chi connectivity index (χ0n) is 19.1. The van der Waals surface area contributed by atoms with Crippen molar-refractivity contribution in [3.8, 4) is 0 Å². The van der Waals surface area contributed by atoms with Crippen LogP contribution >= 0.6 is 11.6 Å². The van der Waals surface area contributed by atoms with Gasteiger partial charge in [-0.2, -0.15) is 0 Å². The minimum atomic E-state index is -0.458. The highest BCUT2D eigenvalue weighted by molar-refractivity contribution is 6.31. The van der Waals surface area contributed by atoms with Gasteiger partial charge in [0.05, 0.1) is 0 Å². The van der Waals surface area contributed by atoms with E-state index >= 15 is 0 Å². The van der Waals surface area contributed by atoms with Crippen molar-refractivity contribution >= 4 is 17.7 Å². The lowest BCUT2D eigenvalue weighted by Crippen LogP contribution is -2.50. The fourth-order valence-corrected chi connectivity index (χ4v) is 5.21. The van der Waals surface area contributed by atoms with Gasteiger partial charge in [-0.3, -0.25) is 0 Å². The molecule has 162 valence electrons. The summed E-state index contributed by atoms with van der Waals surface area (Å²) in [5.74, 6) is 0.452. The Morgan fingerprint density at radius 2 is 1.79 bits per heavy atom. The Labute approximate surface area is 181 Å². The number of amides is 1. The normalized spacial score (nSPS) is 21.8. The van der Waals surface area contributed by atoms with Gasteiger partial charge in [-0.1, -0.05) is 17.7 Å². The van der Waals surface area contributed by atoms with Crippen molar-refractivity contribution in [2.45, 2.75) is 89.7 Å². The van der Waals surface area contributed by atoms with Crippen LogP contribution in [0, 0.1) is 6.92 Å². The van der Waals surface area contributed by atoms with E-state index in [1.165, 1.54) is 11.1 Å². The number of rotatable bonds is 2. The largest absolute Gasteiger partial charge is 0.444 e. The lowest BCUT2D eigenvalue weighted by atomic mass is 9.59. The predicted molar refractivity (Wildman–Crippen MR) is 120 cm³/mol. The average Bonchev–Trinajstić information content (AvgIpc) is 2.62. The fourth-order valence-electron chi connectivity index (χ4n) is 5.05. The molecular formula is C24H37ClN2O2. The number of hydrogen-bond donors (Lipinski definition) is 1. The van der Waals surface area contributed by atoms with Crippen molar-refractivity contribution in [1.29, 1.82) is 0 Å². The molecule has 1 heterocycles. The first-order chi connectivity index (χ1) is 13.4. The van der Waals surface area contributed by atoms with E-state index in [9.17, 15) is 4.79 Å². The molecule has 1 fully saturated rings. The third-order valence-electron chi connectivity index (χ3n) is 7.08.